The van der Waals surface area contributed by atoms with Crippen molar-refractivity contribution in [2.45, 2.75) is 128 Å². The maximum Gasteiger partial charge on any atom is -0.0342 e. The summed E-state index contributed by atoms with van der Waals surface area (Å²) >= 11 is 0. The third kappa shape index (κ3) is 18.2. The fraction of sp³-hybridized carbons (Fsp3) is 1.00. The van der Waals surface area contributed by atoms with E-state index in [1.807, 2.05) is 27.7 Å². The van der Waals surface area contributed by atoms with Gasteiger partial charge in [-0.3, -0.25) is 0 Å². The van der Waals surface area contributed by atoms with Crippen LogP contribution in [-0.2, 0) is 0 Å². The van der Waals surface area contributed by atoms with E-state index in [-0.39, 0.29) is 0 Å². The molecule has 0 fully saturated rings. The Kier molecular flexibility index (Phi) is 22.2. The average Bonchev–Trinajstić information content (AvgIpc) is 2.49. The van der Waals surface area contributed by atoms with Gasteiger partial charge in [0.25, 0.3) is 0 Å². The second kappa shape index (κ2) is 18.3. The Hall–Kier alpha value is 0. The SMILES string of the molecule is CC.CC.CCCCCCCC(C)CCC(C(C)C)C(C)(C)C. The molecule has 0 saturated heterocycles. The van der Waals surface area contributed by atoms with E-state index in [0.717, 1.165) is 17.8 Å². The summed E-state index contributed by atoms with van der Waals surface area (Å²) in [5.74, 6) is 2.61. The quantitative estimate of drug-likeness (QED) is 0.351. The van der Waals surface area contributed by atoms with Gasteiger partial charge in [-0.25, -0.2) is 0 Å². The minimum absolute atomic E-state index is 0.467. The molecule has 0 aliphatic heterocycles. The lowest BCUT2D eigenvalue weighted by Gasteiger charge is -2.34. The van der Waals surface area contributed by atoms with Crippen molar-refractivity contribution in [1.82, 2.24) is 0 Å². The molecule has 0 amide bonds. The normalized spacial score (nSPS) is 13.6. The molecule has 0 rings (SSSR count). The lowest BCUT2D eigenvalue weighted by Crippen LogP contribution is -2.25. The highest BCUT2D eigenvalue weighted by molar-refractivity contribution is 4.77. The van der Waals surface area contributed by atoms with Crippen LogP contribution >= 0.6 is 0 Å². The summed E-state index contributed by atoms with van der Waals surface area (Å²) in [6.07, 6.45) is 11.4. The van der Waals surface area contributed by atoms with Crippen molar-refractivity contribution in [3.63, 3.8) is 0 Å². The molecule has 0 heteroatoms. The van der Waals surface area contributed by atoms with Crippen LogP contribution in [0.5, 0.6) is 0 Å². The van der Waals surface area contributed by atoms with Crippen LogP contribution in [0.1, 0.15) is 128 Å². The molecule has 0 nitrogen and oxygen atoms in total. The van der Waals surface area contributed by atoms with Crippen molar-refractivity contribution in [2.75, 3.05) is 0 Å². The monoisotopic (exact) mass is 328 g/mol. The standard InChI is InChI=1S/C19H40.2C2H6/c1-8-9-10-11-12-13-17(4)14-15-18(16(2)3)19(5,6)7;2*1-2/h16-18H,8-15H2,1-7H3;2*1-2H3. The highest BCUT2D eigenvalue weighted by atomic mass is 14.3. The van der Waals surface area contributed by atoms with Gasteiger partial charge in [-0.2, -0.15) is 0 Å². The Morgan fingerprint density at radius 3 is 1.52 bits per heavy atom. The van der Waals surface area contributed by atoms with Gasteiger partial charge < -0.3 is 0 Å². The number of hydrogen-bond donors (Lipinski definition) is 0. The third-order valence-electron chi connectivity index (χ3n) is 4.69. The van der Waals surface area contributed by atoms with Gasteiger partial charge in [0.2, 0.25) is 0 Å². The first kappa shape index (κ1) is 27.8. The molecule has 23 heavy (non-hydrogen) atoms. The van der Waals surface area contributed by atoms with Crippen LogP contribution in [0.3, 0.4) is 0 Å². The summed E-state index contributed by atoms with van der Waals surface area (Å²) in [7, 11) is 0. The molecule has 0 aliphatic carbocycles. The molecule has 0 aromatic carbocycles. The Morgan fingerprint density at radius 1 is 0.652 bits per heavy atom. The maximum absolute atomic E-state index is 2.46. The lowest BCUT2D eigenvalue weighted by molar-refractivity contribution is 0.155. The number of unbranched alkanes of at least 4 members (excludes halogenated alkanes) is 4. The maximum atomic E-state index is 2.46. The molecule has 2 unspecified atom stereocenters. The van der Waals surface area contributed by atoms with Gasteiger partial charge in [-0.15, -0.1) is 0 Å². The molecule has 0 aromatic rings. The van der Waals surface area contributed by atoms with Crippen LogP contribution in [-0.4, -0.2) is 0 Å². The van der Waals surface area contributed by atoms with Crippen LogP contribution in [0.2, 0.25) is 0 Å². The second-order valence-electron chi connectivity index (χ2n) is 8.10. The van der Waals surface area contributed by atoms with E-state index >= 15 is 0 Å². The molecule has 0 bridgehead atoms. The zero-order chi connectivity index (χ0) is 18.9. The first-order chi connectivity index (χ1) is 10.8. The van der Waals surface area contributed by atoms with E-state index in [2.05, 4.69) is 48.5 Å². The van der Waals surface area contributed by atoms with Crippen molar-refractivity contribution in [3.8, 4) is 0 Å². The summed E-state index contributed by atoms with van der Waals surface area (Å²) in [5, 5.41) is 0. The first-order valence-electron chi connectivity index (χ1n) is 10.8. The summed E-state index contributed by atoms with van der Waals surface area (Å²) in [6.45, 7) is 24.8. The molecule has 0 heterocycles. The van der Waals surface area contributed by atoms with Crippen molar-refractivity contribution >= 4 is 0 Å². The second-order valence-corrected chi connectivity index (χ2v) is 8.10. The van der Waals surface area contributed by atoms with Gasteiger partial charge >= 0.3 is 0 Å². The third-order valence-corrected chi connectivity index (χ3v) is 4.69. The van der Waals surface area contributed by atoms with Crippen LogP contribution in [0.4, 0.5) is 0 Å². The van der Waals surface area contributed by atoms with Gasteiger partial charge in [0.1, 0.15) is 0 Å². The molecule has 0 radical (unpaired) electrons. The van der Waals surface area contributed by atoms with Crippen molar-refractivity contribution in [2.24, 2.45) is 23.2 Å². The Bertz CT molecular complexity index is 197. The highest BCUT2D eigenvalue weighted by Crippen LogP contribution is 2.36. The fourth-order valence-electron chi connectivity index (χ4n) is 3.47. The summed E-state index contributed by atoms with van der Waals surface area (Å²) in [4.78, 5) is 0. The topological polar surface area (TPSA) is 0 Å². The zero-order valence-electron chi connectivity index (χ0n) is 18.9. The Balaban J connectivity index is -0.000000919. The van der Waals surface area contributed by atoms with Crippen LogP contribution in [0, 0.1) is 23.2 Å². The van der Waals surface area contributed by atoms with Crippen molar-refractivity contribution < 1.29 is 0 Å². The molecule has 0 aromatic heterocycles. The van der Waals surface area contributed by atoms with E-state index in [1.165, 1.54) is 51.4 Å². The van der Waals surface area contributed by atoms with Crippen molar-refractivity contribution in [3.05, 3.63) is 0 Å². The average molecular weight is 329 g/mol. The minimum atomic E-state index is 0.467. The van der Waals surface area contributed by atoms with Gasteiger partial charge in [-0.05, 0) is 29.6 Å². The first-order valence-corrected chi connectivity index (χ1v) is 10.8. The lowest BCUT2D eigenvalue weighted by atomic mass is 9.71. The molecule has 0 aliphatic rings. The van der Waals surface area contributed by atoms with Gasteiger partial charge in [0.05, 0.1) is 0 Å². The van der Waals surface area contributed by atoms with E-state index < -0.39 is 0 Å². The van der Waals surface area contributed by atoms with E-state index in [1.54, 1.807) is 0 Å². The number of rotatable bonds is 10. The predicted octanol–water partition coefficient (Wildman–Crippen LogP) is 9.13. The van der Waals surface area contributed by atoms with Crippen molar-refractivity contribution in [1.29, 1.82) is 0 Å². The highest BCUT2D eigenvalue weighted by Gasteiger charge is 2.27. The van der Waals surface area contributed by atoms with Gasteiger partial charge in [0.15, 0.2) is 0 Å². The molecular formula is C23H52. The van der Waals surface area contributed by atoms with Crippen LogP contribution < -0.4 is 0 Å². The van der Waals surface area contributed by atoms with E-state index in [4.69, 9.17) is 0 Å². The zero-order valence-corrected chi connectivity index (χ0v) is 18.9. The number of hydrogen-bond acceptors (Lipinski definition) is 0. The molecule has 0 saturated carbocycles. The van der Waals surface area contributed by atoms with E-state index in [0.29, 0.717) is 5.41 Å². The Labute approximate surface area is 151 Å². The minimum Gasteiger partial charge on any atom is -0.0683 e. The molecule has 2 atom stereocenters. The van der Waals surface area contributed by atoms with Crippen LogP contribution in [0.25, 0.3) is 0 Å². The van der Waals surface area contributed by atoms with Crippen LogP contribution in [0.15, 0.2) is 0 Å². The summed E-state index contributed by atoms with van der Waals surface area (Å²) < 4.78 is 0. The largest absolute Gasteiger partial charge is 0.0683 e. The van der Waals surface area contributed by atoms with E-state index in [9.17, 15) is 0 Å². The molecule has 144 valence electrons. The van der Waals surface area contributed by atoms with Gasteiger partial charge in [-0.1, -0.05) is 121 Å². The fourth-order valence-corrected chi connectivity index (χ4v) is 3.47. The molecular weight excluding hydrogens is 276 g/mol. The van der Waals surface area contributed by atoms with Gasteiger partial charge in [0, 0.05) is 0 Å². The predicted molar refractivity (Wildman–Crippen MR) is 112 cm³/mol. The Morgan fingerprint density at radius 2 is 1.13 bits per heavy atom. The smallest absolute Gasteiger partial charge is 0.0342 e. The molecule has 0 spiro atoms. The molecule has 0 N–H and O–H groups in total. The summed E-state index contributed by atoms with van der Waals surface area (Å²) in [6, 6.07) is 0. The summed E-state index contributed by atoms with van der Waals surface area (Å²) in [5.41, 5.74) is 0.467.